The molecule has 0 saturated carbocycles. The first-order valence-corrected chi connectivity index (χ1v) is 7.18. The fraction of sp³-hybridized carbons (Fsp3) is 0.917. The van der Waals surface area contributed by atoms with Crippen molar-refractivity contribution in [1.82, 2.24) is 9.80 Å². The topological polar surface area (TPSA) is 43.8 Å². The minimum absolute atomic E-state index is 0.0324. The maximum absolute atomic E-state index is 10.7. The van der Waals surface area contributed by atoms with Crippen LogP contribution >= 0.6 is 11.8 Å². The van der Waals surface area contributed by atoms with Crippen molar-refractivity contribution in [3.63, 3.8) is 0 Å². The van der Waals surface area contributed by atoms with Gasteiger partial charge in [-0.3, -0.25) is 9.69 Å². The maximum Gasteiger partial charge on any atom is 0.303 e. The van der Waals surface area contributed by atoms with Gasteiger partial charge in [0.1, 0.15) is 0 Å². The smallest absolute Gasteiger partial charge is 0.303 e. The minimum atomic E-state index is -0.688. The van der Waals surface area contributed by atoms with Gasteiger partial charge >= 0.3 is 5.97 Å². The van der Waals surface area contributed by atoms with Gasteiger partial charge in [-0.2, -0.15) is 0 Å². The van der Waals surface area contributed by atoms with E-state index in [1.54, 1.807) is 0 Å². The molecule has 4 nitrogen and oxygen atoms in total. The normalized spacial score (nSPS) is 25.6. The van der Waals surface area contributed by atoms with E-state index >= 15 is 0 Å². The van der Waals surface area contributed by atoms with E-state index in [1.165, 1.54) is 0 Å². The molecule has 1 heterocycles. The van der Waals surface area contributed by atoms with Gasteiger partial charge in [0, 0.05) is 25.3 Å². The van der Waals surface area contributed by atoms with Crippen LogP contribution < -0.4 is 0 Å². The summed E-state index contributed by atoms with van der Waals surface area (Å²) in [4.78, 5) is 15.3. The second-order valence-electron chi connectivity index (χ2n) is 5.06. The molecule has 0 spiro atoms. The average molecular weight is 260 g/mol. The first kappa shape index (κ1) is 14.8. The van der Waals surface area contributed by atoms with Gasteiger partial charge in [0.15, 0.2) is 0 Å². The molecule has 1 unspecified atom stereocenters. The number of thioether (sulfide) groups is 1. The SMILES string of the molecule is CN(C)CCCN1CCSC1(C)CCC(=O)O. The Labute approximate surface area is 108 Å². The van der Waals surface area contributed by atoms with Crippen LogP contribution in [0.25, 0.3) is 0 Å². The fourth-order valence-corrected chi connectivity index (χ4v) is 3.56. The van der Waals surface area contributed by atoms with Crippen molar-refractivity contribution in [2.75, 3.05) is 39.5 Å². The summed E-state index contributed by atoms with van der Waals surface area (Å²) in [7, 11) is 4.17. The molecule has 0 bridgehead atoms. The van der Waals surface area contributed by atoms with Crippen LogP contribution in [0.2, 0.25) is 0 Å². The zero-order chi connectivity index (χ0) is 12.9. The highest BCUT2D eigenvalue weighted by atomic mass is 32.2. The minimum Gasteiger partial charge on any atom is -0.481 e. The molecule has 1 aliphatic rings. The fourth-order valence-electron chi connectivity index (χ4n) is 2.20. The highest BCUT2D eigenvalue weighted by Crippen LogP contribution is 2.39. The number of carboxylic acids is 1. The number of hydrogen-bond donors (Lipinski definition) is 1. The molecule has 1 fully saturated rings. The summed E-state index contributed by atoms with van der Waals surface area (Å²) in [5.41, 5.74) is 0. The van der Waals surface area contributed by atoms with Gasteiger partial charge in [-0.25, -0.2) is 0 Å². The lowest BCUT2D eigenvalue weighted by Crippen LogP contribution is -2.40. The standard InChI is InChI=1S/C12H24N2O2S/c1-12(6-5-11(15)16)14(9-10-17-12)8-4-7-13(2)3/h4-10H2,1-3H3,(H,15,16). The summed E-state index contributed by atoms with van der Waals surface area (Å²) in [5, 5.41) is 8.79. The van der Waals surface area contributed by atoms with Crippen LogP contribution in [0.1, 0.15) is 26.2 Å². The Bertz CT molecular complexity index is 261. The van der Waals surface area contributed by atoms with Gasteiger partial charge < -0.3 is 10.0 Å². The molecule has 0 aliphatic carbocycles. The zero-order valence-corrected chi connectivity index (χ0v) is 11.9. The van der Waals surface area contributed by atoms with Gasteiger partial charge in [0.2, 0.25) is 0 Å². The Morgan fingerprint density at radius 1 is 1.53 bits per heavy atom. The van der Waals surface area contributed by atoms with E-state index in [4.69, 9.17) is 5.11 Å². The first-order chi connectivity index (χ1) is 7.94. The van der Waals surface area contributed by atoms with Crippen LogP contribution in [0.15, 0.2) is 0 Å². The molecule has 1 aliphatic heterocycles. The van der Waals surface area contributed by atoms with Gasteiger partial charge in [-0.1, -0.05) is 0 Å². The highest BCUT2D eigenvalue weighted by Gasteiger charge is 2.36. The van der Waals surface area contributed by atoms with E-state index in [0.717, 1.165) is 38.2 Å². The van der Waals surface area contributed by atoms with E-state index in [-0.39, 0.29) is 11.3 Å². The van der Waals surface area contributed by atoms with E-state index in [0.29, 0.717) is 0 Å². The molecular formula is C12H24N2O2S. The van der Waals surface area contributed by atoms with Crippen molar-refractivity contribution in [1.29, 1.82) is 0 Å². The summed E-state index contributed by atoms with van der Waals surface area (Å²) in [5.74, 6) is 0.435. The van der Waals surface area contributed by atoms with Gasteiger partial charge in [0.25, 0.3) is 0 Å². The van der Waals surface area contributed by atoms with Crippen molar-refractivity contribution in [2.24, 2.45) is 0 Å². The third kappa shape index (κ3) is 4.85. The second kappa shape index (κ2) is 6.61. The molecule has 5 heteroatoms. The van der Waals surface area contributed by atoms with Gasteiger partial charge in [-0.15, -0.1) is 11.8 Å². The van der Waals surface area contributed by atoms with Gasteiger partial charge in [-0.05, 0) is 40.4 Å². The summed E-state index contributed by atoms with van der Waals surface area (Å²) < 4.78 is 0. The number of carbonyl (C=O) groups is 1. The van der Waals surface area contributed by atoms with E-state index < -0.39 is 5.97 Å². The molecule has 1 rings (SSSR count). The van der Waals surface area contributed by atoms with Crippen LogP contribution in [-0.2, 0) is 4.79 Å². The third-order valence-electron chi connectivity index (χ3n) is 3.28. The van der Waals surface area contributed by atoms with Crippen molar-refractivity contribution >= 4 is 17.7 Å². The van der Waals surface area contributed by atoms with Gasteiger partial charge in [0.05, 0.1) is 4.87 Å². The number of rotatable bonds is 7. The van der Waals surface area contributed by atoms with Crippen LogP contribution in [0.5, 0.6) is 0 Å². The Hall–Kier alpha value is -0.260. The lowest BCUT2D eigenvalue weighted by atomic mass is 10.1. The number of hydrogen-bond acceptors (Lipinski definition) is 4. The number of carboxylic acid groups (broad SMARTS) is 1. The summed E-state index contributed by atoms with van der Waals surface area (Å²) in [6.07, 6.45) is 2.17. The molecule has 0 amide bonds. The molecule has 0 aromatic carbocycles. The predicted molar refractivity (Wildman–Crippen MR) is 72.5 cm³/mol. The molecule has 0 aromatic heterocycles. The van der Waals surface area contributed by atoms with Crippen LogP contribution in [-0.4, -0.2) is 65.2 Å². The Balaban J connectivity index is 2.38. The Morgan fingerprint density at radius 3 is 2.82 bits per heavy atom. The monoisotopic (exact) mass is 260 g/mol. The second-order valence-corrected chi connectivity index (χ2v) is 6.64. The molecule has 0 radical (unpaired) electrons. The number of aliphatic carboxylic acids is 1. The largest absolute Gasteiger partial charge is 0.481 e. The Kier molecular flexibility index (Phi) is 5.76. The summed E-state index contributed by atoms with van der Waals surface area (Å²) in [6.45, 7) is 5.44. The van der Waals surface area contributed by atoms with Crippen molar-refractivity contribution in [3.8, 4) is 0 Å². The molecule has 1 atom stereocenters. The van der Waals surface area contributed by atoms with E-state index in [1.807, 2.05) is 11.8 Å². The Morgan fingerprint density at radius 2 is 2.24 bits per heavy atom. The number of nitrogens with zero attached hydrogens (tertiary/aromatic N) is 2. The van der Waals surface area contributed by atoms with Crippen LogP contribution in [0.4, 0.5) is 0 Å². The lowest BCUT2D eigenvalue weighted by molar-refractivity contribution is -0.137. The van der Waals surface area contributed by atoms with Crippen molar-refractivity contribution in [3.05, 3.63) is 0 Å². The molecule has 17 heavy (non-hydrogen) atoms. The predicted octanol–water partition coefficient (Wildman–Crippen LogP) is 1.57. The zero-order valence-electron chi connectivity index (χ0n) is 11.1. The molecule has 100 valence electrons. The maximum atomic E-state index is 10.7. The quantitative estimate of drug-likeness (QED) is 0.752. The lowest BCUT2D eigenvalue weighted by Gasteiger charge is -2.34. The first-order valence-electron chi connectivity index (χ1n) is 6.19. The average Bonchev–Trinajstić information content (AvgIpc) is 2.58. The van der Waals surface area contributed by atoms with E-state index in [9.17, 15) is 4.79 Å². The van der Waals surface area contributed by atoms with Crippen LogP contribution in [0, 0.1) is 0 Å². The molecular weight excluding hydrogens is 236 g/mol. The molecule has 0 aromatic rings. The molecule has 1 N–H and O–H groups in total. The summed E-state index contributed by atoms with van der Waals surface area (Å²) >= 11 is 1.90. The molecule has 1 saturated heterocycles. The van der Waals surface area contributed by atoms with Crippen molar-refractivity contribution in [2.45, 2.75) is 31.1 Å². The third-order valence-corrected chi connectivity index (χ3v) is 4.75. The summed E-state index contributed by atoms with van der Waals surface area (Å²) in [6, 6.07) is 0. The van der Waals surface area contributed by atoms with Crippen LogP contribution in [0.3, 0.4) is 0 Å². The highest BCUT2D eigenvalue weighted by molar-refractivity contribution is 8.00. The van der Waals surface area contributed by atoms with Crippen molar-refractivity contribution < 1.29 is 9.90 Å². The van der Waals surface area contributed by atoms with E-state index in [2.05, 4.69) is 30.8 Å².